The van der Waals surface area contributed by atoms with Gasteiger partial charge in [-0.25, -0.2) is 23.5 Å². The molecule has 0 bridgehead atoms. The van der Waals surface area contributed by atoms with Gasteiger partial charge in [0, 0.05) is 76.6 Å². The molecule has 0 radical (unpaired) electrons. The van der Waals surface area contributed by atoms with Crippen molar-refractivity contribution in [3.8, 4) is 11.5 Å². The van der Waals surface area contributed by atoms with Crippen LogP contribution >= 0.6 is 0 Å². The highest BCUT2D eigenvalue weighted by Gasteiger charge is 2.39. The molecule has 18 nitrogen and oxygen atoms in total. The molecule has 2 saturated heterocycles. The van der Waals surface area contributed by atoms with E-state index in [-0.39, 0.29) is 47.4 Å². The zero-order valence-corrected chi connectivity index (χ0v) is 45.3. The molecule has 2 aliphatic rings. The number of fused-ring (bicyclic) bond motifs is 2. The summed E-state index contributed by atoms with van der Waals surface area (Å²) in [5, 5.41) is 3.46. The average molecular weight is 1070 g/mol. The number of amides is 1. The quantitative estimate of drug-likeness (QED) is 0.0775. The molecule has 412 valence electrons. The van der Waals surface area contributed by atoms with Crippen molar-refractivity contribution >= 4 is 40.1 Å². The molecule has 4 aromatic carbocycles. The van der Waals surface area contributed by atoms with E-state index in [0.29, 0.717) is 115 Å². The highest BCUT2D eigenvalue weighted by molar-refractivity contribution is 5.78. The van der Waals surface area contributed by atoms with Gasteiger partial charge in [-0.1, -0.05) is 24.3 Å². The third-order valence-electron chi connectivity index (χ3n) is 14.2. The van der Waals surface area contributed by atoms with Crippen LogP contribution in [0.3, 0.4) is 0 Å². The Morgan fingerprint density at radius 1 is 0.662 bits per heavy atom. The van der Waals surface area contributed by atoms with E-state index in [1.807, 2.05) is 17.0 Å². The van der Waals surface area contributed by atoms with Gasteiger partial charge >= 0.3 is 18.0 Å². The molecule has 2 fully saturated rings. The first kappa shape index (κ1) is 57.4. The maximum absolute atomic E-state index is 14.4. The lowest BCUT2D eigenvalue weighted by atomic mass is 9.95. The molecule has 0 spiro atoms. The SMILES string of the molecule is COC(=O)C1CC(N(Cc2ccc(C)c(F)c2)C(=O)OC(C)(C)C)CCN1CCn1c(=O)cnc2ccc(OC)cc21.COC(=O)C1CC(NCc2ccc(C)c(F)c2)CCN1CCn1c(=O)cnc2ccc(OC)cc21. The second kappa shape index (κ2) is 25.7. The number of ether oxygens (including phenoxy) is 5. The van der Waals surface area contributed by atoms with Crippen molar-refractivity contribution in [2.75, 3.05) is 54.6 Å². The van der Waals surface area contributed by atoms with Gasteiger partial charge in [0.15, 0.2) is 0 Å². The van der Waals surface area contributed by atoms with Crippen LogP contribution in [0.15, 0.2) is 94.8 Å². The van der Waals surface area contributed by atoms with Crippen molar-refractivity contribution in [2.45, 2.75) is 116 Å². The van der Waals surface area contributed by atoms with Gasteiger partial charge in [0.25, 0.3) is 11.1 Å². The van der Waals surface area contributed by atoms with Gasteiger partial charge < -0.3 is 43.0 Å². The number of nitrogens with zero attached hydrogens (tertiary/aromatic N) is 7. The molecular weight excluding hydrogens is 995 g/mol. The fourth-order valence-electron chi connectivity index (χ4n) is 9.83. The molecule has 6 aromatic rings. The van der Waals surface area contributed by atoms with Crippen LogP contribution in [0.2, 0.25) is 0 Å². The number of piperidine rings is 2. The van der Waals surface area contributed by atoms with E-state index in [0.717, 1.165) is 12.0 Å². The lowest BCUT2D eigenvalue weighted by Gasteiger charge is -2.42. The first-order valence-corrected chi connectivity index (χ1v) is 25.7. The predicted octanol–water partition coefficient (Wildman–Crippen LogP) is 6.94. The van der Waals surface area contributed by atoms with Gasteiger partial charge in [0.1, 0.15) is 40.8 Å². The second-order valence-corrected chi connectivity index (χ2v) is 20.4. The van der Waals surface area contributed by atoms with Gasteiger partial charge in [-0.2, -0.15) is 0 Å². The van der Waals surface area contributed by atoms with E-state index in [4.69, 9.17) is 23.7 Å². The first-order valence-electron chi connectivity index (χ1n) is 25.7. The normalized spacial score (nSPS) is 18.0. The Kier molecular flexibility index (Phi) is 19.2. The number of carbonyl (C=O) groups is 3. The van der Waals surface area contributed by atoms with Crippen LogP contribution < -0.4 is 25.9 Å². The molecule has 8 rings (SSSR count). The number of likely N-dealkylation sites (tertiary alicyclic amines) is 2. The highest BCUT2D eigenvalue weighted by atomic mass is 19.1. The van der Waals surface area contributed by atoms with E-state index in [1.54, 1.807) is 117 Å². The molecule has 2 aromatic heterocycles. The number of aryl methyl sites for hydroxylation is 2. The number of hydrogen-bond donors (Lipinski definition) is 1. The third-order valence-corrected chi connectivity index (χ3v) is 14.2. The number of hydrogen-bond acceptors (Lipinski definition) is 15. The summed E-state index contributed by atoms with van der Waals surface area (Å²) >= 11 is 0. The van der Waals surface area contributed by atoms with E-state index in [1.165, 1.54) is 32.7 Å². The Morgan fingerprint density at radius 3 is 1.65 bits per heavy atom. The number of aromatic nitrogens is 4. The van der Waals surface area contributed by atoms with Crippen molar-refractivity contribution in [3.05, 3.63) is 140 Å². The topological polar surface area (TPSA) is 189 Å². The van der Waals surface area contributed by atoms with Crippen molar-refractivity contribution in [1.82, 2.24) is 39.1 Å². The fraction of sp³-hybridized carbons (Fsp3) is 0.456. The van der Waals surface area contributed by atoms with Crippen molar-refractivity contribution < 1.29 is 46.8 Å². The van der Waals surface area contributed by atoms with E-state index < -0.39 is 29.7 Å². The fourth-order valence-corrected chi connectivity index (χ4v) is 9.83. The molecule has 77 heavy (non-hydrogen) atoms. The summed E-state index contributed by atoms with van der Waals surface area (Å²) in [6, 6.07) is 19.5. The Labute approximate surface area is 446 Å². The second-order valence-electron chi connectivity index (χ2n) is 20.4. The number of rotatable bonds is 16. The van der Waals surface area contributed by atoms with Gasteiger partial charge in [-0.3, -0.25) is 29.0 Å². The molecule has 2 aliphatic heterocycles. The van der Waals surface area contributed by atoms with Crippen LogP contribution in [-0.2, 0) is 50.0 Å². The number of benzene rings is 4. The Bertz CT molecular complexity index is 3180. The maximum atomic E-state index is 14.4. The number of carbonyl (C=O) groups excluding carboxylic acids is 3. The summed E-state index contributed by atoms with van der Waals surface area (Å²) in [7, 11) is 5.85. The molecule has 1 N–H and O–H groups in total. The smallest absolute Gasteiger partial charge is 0.410 e. The standard InChI is InChI=1S/C31H39FN4O6.C26H31FN4O4/c1-20-7-8-21(15-24(20)32)19-36(30(39)42-31(2,3)4)22-11-12-34(27(16-22)29(38)41-6)13-14-35-26-17-23(40-5)9-10-25(26)33-18-28(35)37;1-17-4-5-18(12-21(17)27)15-28-19-8-9-30(24(13-19)26(33)35-3)10-11-31-23-14-20(34-2)6-7-22(23)29-16-25(31)32/h7-10,15,17-18,22,27H,11-14,16,19H2,1-6H3;4-7,12,14,16,19,24,28H,8-11,13,15H2,1-3H3. The van der Waals surface area contributed by atoms with Crippen molar-refractivity contribution in [3.63, 3.8) is 0 Å². The zero-order valence-electron chi connectivity index (χ0n) is 45.3. The summed E-state index contributed by atoms with van der Waals surface area (Å²) in [6.45, 7) is 12.2. The third kappa shape index (κ3) is 14.6. The molecule has 0 saturated carbocycles. The minimum atomic E-state index is -0.737. The Morgan fingerprint density at radius 2 is 1.16 bits per heavy atom. The molecule has 20 heteroatoms. The zero-order chi connectivity index (χ0) is 55.6. The molecule has 4 atom stereocenters. The number of methoxy groups -OCH3 is 4. The molecule has 4 unspecified atom stereocenters. The predicted molar refractivity (Wildman–Crippen MR) is 287 cm³/mol. The molecular formula is C57H70F2N8O10. The van der Waals surface area contributed by atoms with Crippen molar-refractivity contribution in [1.29, 1.82) is 0 Å². The monoisotopic (exact) mass is 1060 g/mol. The number of esters is 2. The van der Waals surface area contributed by atoms with Gasteiger partial charge in [0.2, 0.25) is 0 Å². The summed E-state index contributed by atoms with van der Waals surface area (Å²) in [6.07, 6.45) is 4.29. The van der Waals surface area contributed by atoms with E-state index in [9.17, 15) is 32.8 Å². The minimum Gasteiger partial charge on any atom is -0.497 e. The Balaban J connectivity index is 0.000000227. The molecule has 0 aliphatic carbocycles. The van der Waals surface area contributed by atoms with Crippen LogP contribution in [0.1, 0.15) is 68.7 Å². The first-order chi connectivity index (χ1) is 36.8. The summed E-state index contributed by atoms with van der Waals surface area (Å²) < 4.78 is 58.1. The molecule has 1 amide bonds. The van der Waals surface area contributed by atoms with Gasteiger partial charge in [0.05, 0.1) is 62.9 Å². The van der Waals surface area contributed by atoms with Crippen LogP contribution in [0.25, 0.3) is 22.1 Å². The van der Waals surface area contributed by atoms with Crippen LogP contribution in [-0.4, -0.2) is 136 Å². The van der Waals surface area contributed by atoms with Gasteiger partial charge in [-0.05, 0) is 119 Å². The average Bonchev–Trinajstić information content (AvgIpc) is 3.44. The largest absolute Gasteiger partial charge is 0.497 e. The van der Waals surface area contributed by atoms with Crippen LogP contribution in [0, 0.1) is 25.5 Å². The maximum Gasteiger partial charge on any atom is 0.410 e. The number of halogens is 2. The van der Waals surface area contributed by atoms with Crippen molar-refractivity contribution in [2.24, 2.45) is 0 Å². The van der Waals surface area contributed by atoms with Crippen LogP contribution in [0.5, 0.6) is 11.5 Å². The summed E-state index contributed by atoms with van der Waals surface area (Å²) in [5.74, 6) is -0.0530. The number of nitrogens with one attached hydrogen (secondary N) is 1. The van der Waals surface area contributed by atoms with E-state index in [2.05, 4.69) is 20.2 Å². The minimum absolute atomic E-state index is 0.0912. The molecule has 4 heterocycles. The Hall–Kier alpha value is -7.29. The highest BCUT2D eigenvalue weighted by Crippen LogP contribution is 2.28. The summed E-state index contributed by atoms with van der Waals surface area (Å²) in [5.41, 5.74) is 4.09. The summed E-state index contributed by atoms with van der Waals surface area (Å²) in [4.78, 5) is 78.5. The van der Waals surface area contributed by atoms with Crippen LogP contribution in [0.4, 0.5) is 13.6 Å². The lowest BCUT2D eigenvalue weighted by Crippen LogP contribution is -2.55. The van der Waals surface area contributed by atoms with Gasteiger partial charge in [-0.15, -0.1) is 0 Å². The lowest BCUT2D eigenvalue weighted by molar-refractivity contribution is -0.150. The van der Waals surface area contributed by atoms with E-state index >= 15 is 0 Å².